The molecule has 0 saturated heterocycles. The maximum atomic E-state index is 6.79. The largest absolute Gasteiger partial charge is 0.454 e. The van der Waals surface area contributed by atoms with Gasteiger partial charge in [0.1, 0.15) is 11.2 Å². The van der Waals surface area contributed by atoms with E-state index in [2.05, 4.69) is 195 Å². The lowest BCUT2D eigenvalue weighted by Gasteiger charge is -2.41. The van der Waals surface area contributed by atoms with Crippen molar-refractivity contribution in [2.24, 2.45) is 11.8 Å². The van der Waals surface area contributed by atoms with Gasteiger partial charge in [0.05, 0.1) is 23.1 Å². The van der Waals surface area contributed by atoms with Crippen LogP contribution in [0, 0.1) is 18.8 Å². The molecule has 0 fully saturated rings. The summed E-state index contributed by atoms with van der Waals surface area (Å²) >= 11 is 0. The molecule has 4 heteroatoms. The average molecular weight is 777 g/mol. The molecule has 2 aliphatic rings. The molecule has 2 heterocycles. The van der Waals surface area contributed by atoms with Crippen molar-refractivity contribution in [3.63, 3.8) is 0 Å². The number of para-hydroxylation sites is 4. The van der Waals surface area contributed by atoms with Gasteiger partial charge in [0.15, 0.2) is 11.2 Å². The van der Waals surface area contributed by atoms with E-state index < -0.39 is 0 Å². The summed E-state index contributed by atoms with van der Waals surface area (Å²) < 4.78 is 13.5. The molecule has 2 aliphatic carbocycles. The fourth-order valence-corrected chi connectivity index (χ4v) is 10.3. The van der Waals surface area contributed by atoms with Gasteiger partial charge in [0.2, 0.25) is 0 Å². The van der Waals surface area contributed by atoms with Crippen LogP contribution in [0.3, 0.4) is 0 Å². The highest BCUT2D eigenvalue weighted by Crippen LogP contribution is 2.50. The highest BCUT2D eigenvalue weighted by molar-refractivity contribution is 6.19. The van der Waals surface area contributed by atoms with Crippen molar-refractivity contribution in [2.75, 3.05) is 9.80 Å². The second-order valence-electron chi connectivity index (χ2n) is 17.1. The summed E-state index contributed by atoms with van der Waals surface area (Å²) in [4.78, 5) is 5.00. The summed E-state index contributed by atoms with van der Waals surface area (Å²) in [5.74, 6) is 0.699. The lowest BCUT2D eigenvalue weighted by molar-refractivity contribution is 0.555. The van der Waals surface area contributed by atoms with Gasteiger partial charge in [-0.05, 0) is 113 Å². The number of nitrogens with zero attached hydrogens (tertiary/aromatic N) is 2. The van der Waals surface area contributed by atoms with Crippen LogP contribution in [-0.4, -0.2) is 0 Å². The van der Waals surface area contributed by atoms with Crippen LogP contribution in [0.5, 0.6) is 0 Å². The molecule has 3 atom stereocenters. The van der Waals surface area contributed by atoms with Crippen LogP contribution in [0.1, 0.15) is 44.4 Å². The number of benzene rings is 8. The molecule has 0 bridgehead atoms. The van der Waals surface area contributed by atoms with E-state index in [9.17, 15) is 0 Å². The minimum atomic E-state index is 0.0100. The molecule has 12 rings (SSSR count). The Kier molecular flexibility index (Phi) is 7.71. The van der Waals surface area contributed by atoms with E-state index in [-0.39, 0.29) is 12.0 Å². The summed E-state index contributed by atoms with van der Waals surface area (Å²) in [6.07, 6.45) is 8.36. The number of fused-ring (bicyclic) bond motifs is 6. The van der Waals surface area contributed by atoms with E-state index in [0.717, 1.165) is 73.0 Å². The Balaban J connectivity index is 1.11. The molecular weight excluding hydrogens is 733 g/mol. The van der Waals surface area contributed by atoms with Crippen LogP contribution in [0.25, 0.3) is 71.5 Å². The average Bonchev–Trinajstić information content (AvgIpc) is 3.85. The molecule has 0 amide bonds. The van der Waals surface area contributed by atoms with Crippen molar-refractivity contribution in [3.05, 3.63) is 185 Å². The maximum absolute atomic E-state index is 6.79. The molecule has 2 aromatic heterocycles. The number of hydrogen-bond acceptors (Lipinski definition) is 4. The first kappa shape index (κ1) is 35.0. The smallest absolute Gasteiger partial charge is 0.159 e. The SMILES string of the molecule is CC1=CC(N(c2cccc3c2oc2ccccc23)C2c3ccc4ccc(N(c5cccc(C)c5)c5cccc6c5oc5ccccc56)c5ccc(c3c45)=CC2C)=CCC1C. The van der Waals surface area contributed by atoms with Crippen LogP contribution in [-0.2, 0) is 0 Å². The first-order valence-corrected chi connectivity index (χ1v) is 21.3. The number of aryl methyl sites for hydroxylation is 1. The molecule has 8 aromatic carbocycles. The standard InChI is InChI=1S/C56H44N2O2/c1-33-12-9-13-39(30-33)57(48-18-10-16-43-41-14-5-7-20-50(41)59-55(43)48)47-29-25-37-23-28-46-53-38(24-27-45(47)52(37)53)31-36(4)54(46)58(40-26-22-34(2)35(3)32-40)49-19-11-17-44-42-15-6-8-21-51(42)60-56(44)49/h5-21,23-32,34,36,54H,22H2,1-4H3. The summed E-state index contributed by atoms with van der Waals surface area (Å²) in [7, 11) is 0. The predicted octanol–water partition coefficient (Wildman–Crippen LogP) is 15.1. The quantitative estimate of drug-likeness (QED) is 0.168. The molecule has 4 nitrogen and oxygen atoms in total. The minimum absolute atomic E-state index is 0.0100. The van der Waals surface area contributed by atoms with E-state index in [1.54, 1.807) is 0 Å². The second kappa shape index (κ2) is 13.2. The molecule has 3 unspecified atom stereocenters. The molecule has 0 radical (unpaired) electrons. The normalized spacial score (nSPS) is 17.8. The van der Waals surface area contributed by atoms with E-state index in [1.165, 1.54) is 49.2 Å². The fraction of sp³-hybridized carbons (Fsp3) is 0.143. The van der Waals surface area contributed by atoms with E-state index in [0.29, 0.717) is 5.92 Å². The fourth-order valence-electron chi connectivity index (χ4n) is 10.3. The van der Waals surface area contributed by atoms with Gasteiger partial charge in [0.25, 0.3) is 0 Å². The summed E-state index contributed by atoms with van der Waals surface area (Å²) in [5, 5.41) is 10.8. The highest BCUT2D eigenvalue weighted by atomic mass is 16.3. The Morgan fingerprint density at radius 3 is 1.97 bits per heavy atom. The van der Waals surface area contributed by atoms with Crippen LogP contribution in [0.2, 0.25) is 0 Å². The first-order chi connectivity index (χ1) is 29.4. The Labute approximate surface area is 348 Å². The molecule has 0 N–H and O–H groups in total. The lowest BCUT2D eigenvalue weighted by Crippen LogP contribution is -2.35. The van der Waals surface area contributed by atoms with Crippen LogP contribution < -0.4 is 15.0 Å². The van der Waals surface area contributed by atoms with E-state index in [4.69, 9.17) is 8.83 Å². The summed E-state index contributed by atoms with van der Waals surface area (Å²) in [6, 6.07) is 52.8. The van der Waals surface area contributed by atoms with Gasteiger partial charge in [0, 0.05) is 38.3 Å². The van der Waals surface area contributed by atoms with Crippen LogP contribution in [0.4, 0.5) is 22.7 Å². The zero-order chi connectivity index (χ0) is 40.2. The number of hydrogen-bond donors (Lipinski definition) is 0. The minimum Gasteiger partial charge on any atom is -0.454 e. The predicted molar refractivity (Wildman–Crippen MR) is 252 cm³/mol. The van der Waals surface area contributed by atoms with Gasteiger partial charge in [-0.1, -0.05) is 135 Å². The molecular formula is C56H44N2O2. The Morgan fingerprint density at radius 2 is 1.23 bits per heavy atom. The maximum Gasteiger partial charge on any atom is 0.159 e. The molecule has 0 aliphatic heterocycles. The van der Waals surface area contributed by atoms with Gasteiger partial charge in [-0.25, -0.2) is 0 Å². The number of anilines is 4. The summed E-state index contributed by atoms with van der Waals surface area (Å²) in [5.41, 5.74) is 13.1. The molecule has 290 valence electrons. The van der Waals surface area contributed by atoms with Gasteiger partial charge in [-0.2, -0.15) is 0 Å². The Morgan fingerprint density at radius 1 is 0.567 bits per heavy atom. The third-order valence-corrected chi connectivity index (χ3v) is 13.4. The zero-order valence-electron chi connectivity index (χ0n) is 34.2. The number of furan rings is 2. The van der Waals surface area contributed by atoms with Crippen molar-refractivity contribution in [2.45, 2.75) is 40.2 Å². The van der Waals surface area contributed by atoms with E-state index >= 15 is 0 Å². The van der Waals surface area contributed by atoms with Crippen LogP contribution >= 0.6 is 0 Å². The van der Waals surface area contributed by atoms with Gasteiger partial charge >= 0.3 is 0 Å². The van der Waals surface area contributed by atoms with Gasteiger partial charge in [-0.3, -0.25) is 0 Å². The second-order valence-corrected chi connectivity index (χ2v) is 17.1. The van der Waals surface area contributed by atoms with Gasteiger partial charge in [-0.15, -0.1) is 0 Å². The monoisotopic (exact) mass is 776 g/mol. The van der Waals surface area contributed by atoms with E-state index in [1.807, 2.05) is 6.07 Å². The Hall–Kier alpha value is -7.04. The Bertz CT molecular complexity index is 3510. The van der Waals surface area contributed by atoms with Crippen molar-refractivity contribution < 1.29 is 8.83 Å². The van der Waals surface area contributed by atoms with Gasteiger partial charge < -0.3 is 18.6 Å². The number of allylic oxidation sites excluding steroid dienone is 3. The molecule has 0 saturated carbocycles. The van der Waals surface area contributed by atoms with Crippen molar-refractivity contribution in [3.8, 4) is 0 Å². The molecule has 60 heavy (non-hydrogen) atoms. The molecule has 10 aromatic rings. The van der Waals surface area contributed by atoms with Crippen molar-refractivity contribution >= 4 is 94.2 Å². The van der Waals surface area contributed by atoms with Crippen LogP contribution in [0.15, 0.2) is 178 Å². The third-order valence-electron chi connectivity index (χ3n) is 13.4. The van der Waals surface area contributed by atoms with Crippen molar-refractivity contribution in [1.82, 2.24) is 0 Å². The summed E-state index contributed by atoms with van der Waals surface area (Å²) in [6.45, 7) is 9.16. The topological polar surface area (TPSA) is 32.8 Å². The first-order valence-electron chi connectivity index (χ1n) is 21.3. The highest BCUT2D eigenvalue weighted by Gasteiger charge is 2.35. The van der Waals surface area contributed by atoms with Crippen molar-refractivity contribution in [1.29, 1.82) is 0 Å². The third kappa shape index (κ3) is 5.16. The zero-order valence-corrected chi connectivity index (χ0v) is 34.2. The molecule has 0 spiro atoms. The lowest BCUT2D eigenvalue weighted by atomic mass is 9.80. The number of rotatable bonds is 6.